The van der Waals surface area contributed by atoms with Gasteiger partial charge in [0, 0.05) is 37.4 Å². The van der Waals surface area contributed by atoms with Crippen LogP contribution in [0.2, 0.25) is 0 Å². The van der Waals surface area contributed by atoms with Crippen molar-refractivity contribution in [2.24, 2.45) is 10.8 Å². The molecule has 0 saturated carbocycles. The number of carbonyl (C=O) groups excluding carboxylic acids is 1. The van der Waals surface area contributed by atoms with E-state index in [1.54, 1.807) is 14.0 Å². The highest BCUT2D eigenvalue weighted by molar-refractivity contribution is 6.23. The van der Waals surface area contributed by atoms with Gasteiger partial charge in [0.1, 0.15) is 5.57 Å². The summed E-state index contributed by atoms with van der Waals surface area (Å²) in [6, 6.07) is -0.401. The Kier molecular flexibility index (Phi) is 14.3. The van der Waals surface area contributed by atoms with Gasteiger partial charge in [-0.15, -0.1) is 0 Å². The predicted molar refractivity (Wildman–Crippen MR) is 129 cm³/mol. The number of hydrazone groups is 1. The summed E-state index contributed by atoms with van der Waals surface area (Å²) in [6.45, 7) is 8.41. The van der Waals surface area contributed by atoms with Crippen molar-refractivity contribution in [2.45, 2.75) is 53.5 Å². The highest BCUT2D eigenvalue weighted by Gasteiger charge is 2.25. The van der Waals surface area contributed by atoms with Crippen LogP contribution in [0.4, 0.5) is 4.39 Å². The molecule has 0 bridgehead atoms. The first-order valence-corrected chi connectivity index (χ1v) is 10.8. The molecule has 0 aromatic heterocycles. The number of nitrogens with two attached hydrogens (primary N) is 1. The molecule has 0 aromatic carbocycles. The van der Waals surface area contributed by atoms with Gasteiger partial charge in [-0.25, -0.2) is 9.18 Å². The summed E-state index contributed by atoms with van der Waals surface area (Å²) in [6.07, 6.45) is 4.54. The molecule has 0 radical (unpaired) electrons. The van der Waals surface area contributed by atoms with Gasteiger partial charge in [0.15, 0.2) is 11.6 Å². The van der Waals surface area contributed by atoms with E-state index in [4.69, 9.17) is 5.73 Å². The second-order valence-electron chi connectivity index (χ2n) is 7.40. The molecular weight excluding hydrogens is 429 g/mol. The number of Topliss-reactive ketones (excluding diaryl/α,β-unsaturated/α-hetero) is 1. The number of ketones is 1. The van der Waals surface area contributed by atoms with Gasteiger partial charge in [-0.05, 0) is 53.0 Å². The minimum absolute atomic E-state index is 0.132. The molecule has 1 atom stereocenters. The van der Waals surface area contributed by atoms with E-state index in [2.05, 4.69) is 21.2 Å². The van der Waals surface area contributed by atoms with Gasteiger partial charge in [-0.3, -0.25) is 4.79 Å². The Hall–Kier alpha value is -2.98. The second-order valence-corrected chi connectivity index (χ2v) is 7.40. The molecule has 1 unspecified atom stereocenters. The highest BCUT2D eigenvalue weighted by atomic mass is 19.1. The third-order valence-electron chi connectivity index (χ3n) is 4.94. The van der Waals surface area contributed by atoms with Crippen molar-refractivity contribution in [1.82, 2.24) is 16.1 Å². The van der Waals surface area contributed by atoms with Crippen LogP contribution in [-0.4, -0.2) is 60.5 Å². The van der Waals surface area contributed by atoms with Gasteiger partial charge in [0.05, 0.1) is 18.0 Å². The Morgan fingerprint density at radius 1 is 1.21 bits per heavy atom. The average Bonchev–Trinajstić information content (AvgIpc) is 2.78. The molecule has 0 aliphatic heterocycles. The van der Waals surface area contributed by atoms with E-state index in [1.165, 1.54) is 13.8 Å². The first-order valence-electron chi connectivity index (χ1n) is 10.8. The zero-order valence-electron chi connectivity index (χ0n) is 20.4. The van der Waals surface area contributed by atoms with E-state index in [9.17, 15) is 19.8 Å². The van der Waals surface area contributed by atoms with E-state index >= 15 is 4.39 Å². The van der Waals surface area contributed by atoms with Gasteiger partial charge in [0.2, 0.25) is 0 Å². The standard InChI is InChI=1S/C23H38FN5O4/c1-7-17(15(4)29-26-6)10-9-11-27-16(5)20(24)21(25)19(12-28-14(3)13-30)22(31)18(8-2)23(32)33/h7-8,14,26-28,30H,9-13,25H2,1-6H3,(H,32,33)/b17-7+,18-8+,20-16-,21-19-,29-15-. The summed E-state index contributed by atoms with van der Waals surface area (Å²) in [5.41, 5.74) is 9.60. The minimum Gasteiger partial charge on any atom is -0.478 e. The van der Waals surface area contributed by atoms with Gasteiger partial charge in [0.25, 0.3) is 0 Å². The van der Waals surface area contributed by atoms with Crippen LogP contribution < -0.4 is 21.8 Å². The smallest absolute Gasteiger partial charge is 0.339 e. The number of carbonyl (C=O) groups is 2. The summed E-state index contributed by atoms with van der Waals surface area (Å²) in [5, 5.41) is 28.4. The minimum atomic E-state index is -1.43. The number of hydrogen-bond donors (Lipinski definition) is 6. The first-order chi connectivity index (χ1) is 15.5. The van der Waals surface area contributed by atoms with Crippen LogP contribution in [0.15, 0.2) is 51.2 Å². The Bertz CT molecular complexity index is 844. The maximum atomic E-state index is 15.1. The summed E-state index contributed by atoms with van der Waals surface area (Å²) >= 11 is 0. The van der Waals surface area contributed by atoms with Crippen LogP contribution in [0.1, 0.15) is 47.5 Å². The fraction of sp³-hybridized carbons (Fsp3) is 0.522. The van der Waals surface area contributed by atoms with Gasteiger partial charge < -0.3 is 32.0 Å². The molecule has 9 nitrogen and oxygen atoms in total. The lowest BCUT2D eigenvalue weighted by atomic mass is 10.00. The monoisotopic (exact) mass is 467 g/mol. The molecule has 0 amide bonds. The Morgan fingerprint density at radius 3 is 2.33 bits per heavy atom. The molecule has 0 spiro atoms. The number of allylic oxidation sites excluding steroid dienone is 5. The number of carboxylic acids is 1. The van der Waals surface area contributed by atoms with Crippen molar-refractivity contribution in [3.63, 3.8) is 0 Å². The van der Waals surface area contributed by atoms with E-state index in [0.29, 0.717) is 13.0 Å². The SMILES string of the molecule is C/C=C(/C(=O)O)C(=O)/C(CNC(C)CO)=C(N)/C(F)=C(\C)NCCCC(=C\C)/C(C)=N\NC. The quantitative estimate of drug-likeness (QED) is 0.0407. The molecule has 7 N–H and O–H groups in total. The third-order valence-corrected chi connectivity index (χ3v) is 4.94. The molecule has 0 heterocycles. The number of nitrogens with zero attached hydrogens (tertiary/aromatic N) is 1. The predicted octanol–water partition coefficient (Wildman–Crippen LogP) is 1.88. The number of carboxylic acid groups (broad SMARTS) is 1. The maximum Gasteiger partial charge on any atom is 0.339 e. The number of aliphatic hydroxyl groups excluding tert-OH is 1. The molecule has 10 heteroatoms. The summed E-state index contributed by atoms with van der Waals surface area (Å²) < 4.78 is 15.1. The summed E-state index contributed by atoms with van der Waals surface area (Å²) in [5.74, 6) is -3.16. The molecule has 0 fully saturated rings. The normalized spacial score (nSPS) is 15.5. The summed E-state index contributed by atoms with van der Waals surface area (Å²) in [4.78, 5) is 24.1. The topological polar surface area (TPSA) is 149 Å². The van der Waals surface area contributed by atoms with Gasteiger partial charge in [-0.1, -0.05) is 12.2 Å². The van der Waals surface area contributed by atoms with Crippen LogP contribution in [0.3, 0.4) is 0 Å². The van der Waals surface area contributed by atoms with E-state index in [-0.39, 0.29) is 24.4 Å². The molecule has 33 heavy (non-hydrogen) atoms. The van der Waals surface area contributed by atoms with Crippen LogP contribution in [0.5, 0.6) is 0 Å². The van der Waals surface area contributed by atoms with Gasteiger partial charge in [-0.2, -0.15) is 5.10 Å². The summed E-state index contributed by atoms with van der Waals surface area (Å²) in [7, 11) is 1.72. The first kappa shape index (κ1) is 30.0. The number of rotatable bonds is 15. The molecule has 0 aliphatic carbocycles. The number of halogens is 1. The molecule has 0 aromatic rings. The molecular formula is C23H38FN5O4. The zero-order valence-corrected chi connectivity index (χ0v) is 20.4. The maximum absolute atomic E-state index is 15.1. The van der Waals surface area contributed by atoms with Gasteiger partial charge >= 0.3 is 5.97 Å². The fourth-order valence-corrected chi connectivity index (χ4v) is 2.89. The van der Waals surface area contributed by atoms with E-state index < -0.39 is 34.9 Å². The van der Waals surface area contributed by atoms with Crippen molar-refractivity contribution in [1.29, 1.82) is 0 Å². The number of aliphatic carboxylic acids is 1. The van der Waals surface area contributed by atoms with Crippen LogP contribution >= 0.6 is 0 Å². The van der Waals surface area contributed by atoms with Crippen LogP contribution in [-0.2, 0) is 9.59 Å². The zero-order chi connectivity index (χ0) is 25.6. The Labute approximate surface area is 195 Å². The Balaban J connectivity index is 5.64. The van der Waals surface area contributed by atoms with E-state index in [0.717, 1.165) is 23.8 Å². The molecule has 0 aliphatic rings. The fourth-order valence-electron chi connectivity index (χ4n) is 2.89. The van der Waals surface area contributed by atoms with Crippen molar-refractivity contribution in [3.8, 4) is 0 Å². The van der Waals surface area contributed by atoms with E-state index in [1.807, 2.05) is 19.9 Å². The van der Waals surface area contributed by atoms with Crippen molar-refractivity contribution in [3.05, 3.63) is 46.1 Å². The largest absolute Gasteiger partial charge is 0.478 e. The Morgan fingerprint density at radius 2 is 1.85 bits per heavy atom. The lowest BCUT2D eigenvalue weighted by Gasteiger charge is -2.16. The number of aliphatic hydroxyl groups is 1. The number of nitrogens with one attached hydrogen (secondary N) is 3. The second kappa shape index (κ2) is 15.8. The molecule has 186 valence electrons. The lowest BCUT2D eigenvalue weighted by molar-refractivity contribution is -0.134. The van der Waals surface area contributed by atoms with Crippen molar-refractivity contribution < 1.29 is 24.2 Å². The average molecular weight is 468 g/mol. The highest BCUT2D eigenvalue weighted by Crippen LogP contribution is 2.18. The molecule has 0 rings (SSSR count). The number of hydrogen-bond acceptors (Lipinski definition) is 8. The molecule has 0 saturated heterocycles. The third kappa shape index (κ3) is 10.0. The van der Waals surface area contributed by atoms with Crippen molar-refractivity contribution >= 4 is 17.5 Å². The van der Waals surface area contributed by atoms with Crippen LogP contribution in [0.25, 0.3) is 0 Å². The van der Waals surface area contributed by atoms with Crippen LogP contribution in [0, 0.1) is 0 Å². The van der Waals surface area contributed by atoms with Crippen molar-refractivity contribution in [2.75, 3.05) is 26.7 Å². The lowest BCUT2D eigenvalue weighted by Crippen LogP contribution is -2.34.